The average molecular weight is 587 g/mol. The molecule has 0 spiro atoms. The maximum atomic E-state index is 15.7. The van der Waals surface area contributed by atoms with Crippen LogP contribution in [0.15, 0.2) is 60.9 Å². The monoisotopic (exact) mass is 586 g/mol. The number of amides is 2. The van der Waals surface area contributed by atoms with Gasteiger partial charge in [-0.25, -0.2) is 24.1 Å². The highest BCUT2D eigenvalue weighted by molar-refractivity contribution is 6.11. The number of halogens is 1. The van der Waals surface area contributed by atoms with Gasteiger partial charge in [0.15, 0.2) is 0 Å². The van der Waals surface area contributed by atoms with Gasteiger partial charge in [-0.15, -0.1) is 0 Å². The molecule has 2 aromatic carbocycles. The molecule has 4 aromatic rings. The predicted molar refractivity (Wildman–Crippen MR) is 162 cm³/mol. The van der Waals surface area contributed by atoms with Crippen LogP contribution in [0.2, 0.25) is 0 Å². The number of aliphatic hydroxyl groups excluding tert-OH is 1. The Labute approximate surface area is 249 Å². The normalized spacial score (nSPS) is 15.3. The first-order valence-corrected chi connectivity index (χ1v) is 14.2. The molecule has 2 amide bonds. The zero-order chi connectivity index (χ0) is 30.7. The number of rotatable bonds is 6. The van der Waals surface area contributed by atoms with Gasteiger partial charge in [0, 0.05) is 36.6 Å². The van der Waals surface area contributed by atoms with Crippen LogP contribution in [0.3, 0.4) is 0 Å². The Morgan fingerprint density at radius 2 is 1.93 bits per heavy atom. The maximum absolute atomic E-state index is 15.7. The van der Waals surface area contributed by atoms with Crippen molar-refractivity contribution >= 4 is 40.2 Å². The lowest BCUT2D eigenvalue weighted by atomic mass is 10.00. The number of nitrogens with one attached hydrogen (secondary N) is 1. The number of aliphatic hydroxyl groups is 1. The summed E-state index contributed by atoms with van der Waals surface area (Å²) in [6, 6.07) is 13.0. The quantitative estimate of drug-likeness (QED) is 0.293. The van der Waals surface area contributed by atoms with Crippen molar-refractivity contribution in [2.75, 3.05) is 23.3 Å². The van der Waals surface area contributed by atoms with Crippen LogP contribution in [0.25, 0.3) is 10.8 Å². The lowest BCUT2D eigenvalue weighted by Crippen LogP contribution is -2.53. The summed E-state index contributed by atoms with van der Waals surface area (Å²) in [7, 11) is 0. The topological polar surface area (TPSA) is 121 Å². The fourth-order valence-corrected chi connectivity index (χ4v) is 5.23. The zero-order valence-corrected chi connectivity index (χ0v) is 24.7. The van der Waals surface area contributed by atoms with Gasteiger partial charge in [0.2, 0.25) is 5.95 Å². The number of nitrogens with zero attached hydrogens (tertiary/aromatic N) is 5. The van der Waals surface area contributed by atoms with Crippen molar-refractivity contribution in [2.45, 2.75) is 58.8 Å². The minimum absolute atomic E-state index is 0.141. The van der Waals surface area contributed by atoms with Gasteiger partial charge in [0.05, 0.1) is 23.9 Å². The number of pyridine rings is 1. The second-order valence-electron chi connectivity index (χ2n) is 11.6. The molecule has 0 unspecified atom stereocenters. The van der Waals surface area contributed by atoms with Crippen molar-refractivity contribution in [1.29, 1.82) is 0 Å². The first-order valence-electron chi connectivity index (χ1n) is 14.2. The summed E-state index contributed by atoms with van der Waals surface area (Å²) in [5.41, 5.74) is 0.854. The number of benzene rings is 2. The Morgan fingerprint density at radius 3 is 2.67 bits per heavy atom. The second-order valence-corrected chi connectivity index (χ2v) is 11.6. The molecular formula is C32H35FN6O4. The number of fused-ring (bicyclic) bond motifs is 1. The van der Waals surface area contributed by atoms with Crippen LogP contribution in [-0.4, -0.2) is 61.7 Å². The number of anilines is 3. The highest BCUT2D eigenvalue weighted by atomic mass is 19.1. The lowest BCUT2D eigenvalue weighted by molar-refractivity contribution is 0.0196. The van der Waals surface area contributed by atoms with E-state index in [1.54, 1.807) is 23.2 Å². The van der Waals surface area contributed by atoms with E-state index in [1.165, 1.54) is 23.2 Å². The van der Waals surface area contributed by atoms with E-state index in [-0.39, 0.29) is 24.7 Å². The molecule has 0 aliphatic carbocycles. The Hall–Kier alpha value is -4.64. The molecule has 11 heteroatoms. The van der Waals surface area contributed by atoms with Crippen molar-refractivity contribution in [3.05, 3.63) is 83.6 Å². The highest BCUT2D eigenvalue weighted by Crippen LogP contribution is 2.33. The van der Waals surface area contributed by atoms with E-state index < -0.39 is 29.5 Å². The van der Waals surface area contributed by atoms with Crippen molar-refractivity contribution in [3.8, 4) is 0 Å². The number of carbonyl (C=O) groups excluding carboxylic acids is 2. The number of aromatic nitrogens is 3. The number of piperidine rings is 1. The van der Waals surface area contributed by atoms with Gasteiger partial charge in [0.1, 0.15) is 17.2 Å². The van der Waals surface area contributed by atoms with E-state index >= 15 is 4.39 Å². The molecule has 224 valence electrons. The van der Waals surface area contributed by atoms with Crippen LogP contribution in [0.5, 0.6) is 0 Å². The Morgan fingerprint density at radius 1 is 1.14 bits per heavy atom. The summed E-state index contributed by atoms with van der Waals surface area (Å²) in [6.07, 6.45) is 3.89. The number of ether oxygens (including phenoxy) is 1. The van der Waals surface area contributed by atoms with Gasteiger partial charge < -0.3 is 20.1 Å². The van der Waals surface area contributed by atoms with Gasteiger partial charge in [-0.2, -0.15) is 0 Å². The van der Waals surface area contributed by atoms with Crippen LogP contribution in [0.1, 0.15) is 55.2 Å². The fourth-order valence-electron chi connectivity index (χ4n) is 5.23. The first-order chi connectivity index (χ1) is 20.5. The third kappa shape index (κ3) is 6.72. The van der Waals surface area contributed by atoms with Gasteiger partial charge in [0.25, 0.3) is 5.91 Å². The summed E-state index contributed by atoms with van der Waals surface area (Å²) in [5.74, 6) is -0.712. The molecule has 0 bridgehead atoms. The zero-order valence-electron chi connectivity index (χ0n) is 24.7. The fraction of sp³-hybridized carbons (Fsp3) is 0.344. The van der Waals surface area contributed by atoms with Gasteiger partial charge in [-0.05, 0) is 81.8 Å². The summed E-state index contributed by atoms with van der Waals surface area (Å²) in [6.45, 7) is 7.81. The van der Waals surface area contributed by atoms with E-state index in [4.69, 9.17) is 4.74 Å². The molecule has 1 fully saturated rings. The van der Waals surface area contributed by atoms with Crippen LogP contribution in [-0.2, 0) is 11.3 Å². The number of hydrogen-bond donors (Lipinski definition) is 2. The van der Waals surface area contributed by atoms with E-state index in [0.717, 1.165) is 16.3 Å². The Bertz CT molecular complexity index is 1650. The van der Waals surface area contributed by atoms with E-state index in [0.29, 0.717) is 36.6 Å². The highest BCUT2D eigenvalue weighted by Gasteiger charge is 2.36. The number of hydrogen-bond acceptors (Lipinski definition) is 8. The predicted octanol–water partition coefficient (Wildman–Crippen LogP) is 5.75. The molecule has 10 nitrogen and oxygen atoms in total. The minimum Gasteiger partial charge on any atom is -0.444 e. The molecule has 2 N–H and O–H groups in total. The Balaban J connectivity index is 1.52. The summed E-state index contributed by atoms with van der Waals surface area (Å²) < 4.78 is 21.3. The summed E-state index contributed by atoms with van der Waals surface area (Å²) >= 11 is 0. The molecule has 0 radical (unpaired) electrons. The maximum Gasteiger partial charge on any atom is 0.410 e. The van der Waals surface area contributed by atoms with Crippen molar-refractivity contribution in [2.24, 2.45) is 0 Å². The summed E-state index contributed by atoms with van der Waals surface area (Å²) in [4.78, 5) is 43.3. The second kappa shape index (κ2) is 12.3. The molecule has 0 saturated carbocycles. The largest absolute Gasteiger partial charge is 0.444 e. The molecule has 1 aliphatic rings. The van der Waals surface area contributed by atoms with Crippen molar-refractivity contribution in [3.63, 3.8) is 0 Å². The standard InChI is InChI=1S/C32H35FN6O4/c1-20-7-5-8-21-12-14-34-28(27(20)21)39(24-9-6-16-38(18-24)31(42)43-32(2,3)4)29(41)25-11-10-22(17-26(25)33)36-30-35-15-13-23(19-40)37-30/h5,7-8,10-15,17,24,40H,6,9,16,18-19H2,1-4H3,(H,35,36,37)/t24-/m1/s1. The van der Waals surface area contributed by atoms with Gasteiger partial charge >= 0.3 is 6.09 Å². The third-order valence-corrected chi connectivity index (χ3v) is 7.17. The molecule has 2 aromatic heterocycles. The van der Waals surface area contributed by atoms with Crippen LogP contribution in [0, 0.1) is 12.7 Å². The van der Waals surface area contributed by atoms with Crippen LogP contribution < -0.4 is 10.2 Å². The molecule has 1 aliphatic heterocycles. The van der Waals surface area contributed by atoms with Crippen molar-refractivity contribution in [1.82, 2.24) is 19.9 Å². The van der Waals surface area contributed by atoms with E-state index in [2.05, 4.69) is 20.3 Å². The summed E-state index contributed by atoms with van der Waals surface area (Å²) in [5, 5.41) is 13.9. The van der Waals surface area contributed by atoms with Gasteiger partial charge in [-0.1, -0.05) is 18.2 Å². The van der Waals surface area contributed by atoms with Crippen LogP contribution in [0.4, 0.5) is 26.6 Å². The molecule has 3 heterocycles. The number of carbonyl (C=O) groups is 2. The minimum atomic E-state index is -0.741. The van der Waals surface area contributed by atoms with E-state index in [9.17, 15) is 14.7 Å². The number of aryl methyl sites for hydroxylation is 1. The van der Waals surface area contributed by atoms with Crippen molar-refractivity contribution < 1.29 is 23.8 Å². The molecule has 1 saturated heterocycles. The van der Waals surface area contributed by atoms with Crippen LogP contribution >= 0.6 is 0 Å². The number of likely N-dealkylation sites (tertiary alicyclic amines) is 1. The Kier molecular flexibility index (Phi) is 8.54. The molecule has 43 heavy (non-hydrogen) atoms. The molecule has 1 atom stereocenters. The third-order valence-electron chi connectivity index (χ3n) is 7.17. The van der Waals surface area contributed by atoms with Gasteiger partial charge in [-0.3, -0.25) is 9.69 Å². The molecule has 5 rings (SSSR count). The first kappa shape index (κ1) is 29.8. The molecular weight excluding hydrogens is 551 g/mol. The lowest BCUT2D eigenvalue weighted by Gasteiger charge is -2.39. The SMILES string of the molecule is Cc1cccc2ccnc(N(C(=O)c3ccc(Nc4nccc(CO)n4)cc3F)[C@@H]3CCCN(C(=O)OC(C)(C)C)C3)c12. The van der Waals surface area contributed by atoms with E-state index in [1.807, 2.05) is 52.0 Å². The smallest absolute Gasteiger partial charge is 0.410 e. The average Bonchev–Trinajstić information content (AvgIpc) is 2.97.